The lowest BCUT2D eigenvalue weighted by Gasteiger charge is -2.35. The van der Waals surface area contributed by atoms with E-state index in [-0.39, 0.29) is 27.3 Å². The van der Waals surface area contributed by atoms with Gasteiger partial charge in [0.2, 0.25) is 11.4 Å². The van der Waals surface area contributed by atoms with E-state index >= 15 is 17.7 Å². The molecule has 256 valence electrons. The van der Waals surface area contributed by atoms with Gasteiger partial charge in [0, 0.05) is 74.7 Å². The Morgan fingerprint density at radius 2 is 1.48 bits per heavy atom. The lowest BCUT2D eigenvalue weighted by Crippen LogP contribution is -2.29. The molecule has 8 nitrogen and oxygen atoms in total. The van der Waals surface area contributed by atoms with Gasteiger partial charge in [-0.25, -0.2) is 18.0 Å². The molecule has 0 saturated heterocycles. The number of azide groups is 1. The van der Waals surface area contributed by atoms with Gasteiger partial charge in [0.15, 0.2) is 18.8 Å². The van der Waals surface area contributed by atoms with E-state index in [9.17, 15) is 9.90 Å². The number of halogens is 3. The quantitative estimate of drug-likeness (QED) is 0.0452. The molecule has 0 radical (unpaired) electrons. The molecule has 1 heterocycles. The van der Waals surface area contributed by atoms with Crippen LogP contribution in [0.3, 0.4) is 0 Å². The number of hydrogen-bond acceptors (Lipinski definition) is 4. The molecule has 2 aliphatic rings. The van der Waals surface area contributed by atoms with Crippen molar-refractivity contribution in [2.45, 2.75) is 0 Å². The molecule has 1 N–H and O–H groups in total. The monoisotopic (exact) mass is 714 g/mol. The predicted octanol–water partition coefficient (Wildman–Crippen LogP) is 9.51. The molecular weight excluding hydrogens is 686 g/mol. The van der Waals surface area contributed by atoms with Gasteiger partial charge < -0.3 is 14.6 Å². The third-order valence-electron chi connectivity index (χ3n) is 9.27. The van der Waals surface area contributed by atoms with Gasteiger partial charge in [-0.2, -0.15) is 4.58 Å². The molecule has 0 bridgehead atoms. The van der Waals surface area contributed by atoms with Gasteiger partial charge in [-0.3, -0.25) is 0 Å². The first-order valence-electron chi connectivity index (χ1n) is 16.0. The molecule has 12 heteroatoms. The highest BCUT2D eigenvalue weighted by atomic mass is 31.2. The Kier molecular flexibility index (Phi) is 8.76. The SMILES string of the molecule is CN(c1ccccc1)c1ccc2c(c1)P(=O)(c1ccccc1)C1=CC(=[N+](C)c3ccccc3)C=CC1=C2c1c(F)c(N=[N+]=[N-])c(F)c(F)c1C(=O)O. The predicted molar refractivity (Wildman–Crippen MR) is 197 cm³/mol. The molecule has 1 atom stereocenters. The zero-order valence-corrected chi connectivity index (χ0v) is 28.6. The van der Waals surface area contributed by atoms with Crippen LogP contribution in [0.4, 0.5) is 35.9 Å². The van der Waals surface area contributed by atoms with Gasteiger partial charge in [0.1, 0.15) is 24.1 Å². The number of carboxylic acid groups (broad SMARTS) is 1. The first-order chi connectivity index (χ1) is 25.1. The van der Waals surface area contributed by atoms with Gasteiger partial charge in [-0.05, 0) is 47.0 Å². The number of fused-ring (bicyclic) bond motifs is 2. The van der Waals surface area contributed by atoms with Crippen LogP contribution in [-0.2, 0) is 4.57 Å². The van der Waals surface area contributed by atoms with Crippen LogP contribution in [0.15, 0.2) is 143 Å². The third-order valence-corrected chi connectivity index (χ3v) is 12.4. The number of carbonyl (C=O) groups is 1. The Balaban J connectivity index is 1.65. The molecular formula is C40H28F3N5O3P+. The lowest BCUT2D eigenvalue weighted by atomic mass is 9.86. The minimum atomic E-state index is -3.91. The molecule has 1 aliphatic carbocycles. The number of allylic oxidation sites excluding steroid dienone is 5. The topological polar surface area (TPSA) is 109 Å². The van der Waals surface area contributed by atoms with Crippen LogP contribution in [0.1, 0.15) is 21.5 Å². The number of carboxylic acids is 1. The molecule has 1 aliphatic heterocycles. The molecule has 5 aromatic carbocycles. The van der Waals surface area contributed by atoms with Crippen molar-refractivity contribution in [2.75, 3.05) is 19.0 Å². The molecule has 7 rings (SSSR count). The Labute approximate surface area is 296 Å². The number of hydrogen-bond donors (Lipinski definition) is 1. The fraction of sp³-hybridized carbons (Fsp3) is 0.0500. The van der Waals surface area contributed by atoms with E-state index in [0.717, 1.165) is 11.4 Å². The maximum atomic E-state index is 16.6. The number of para-hydroxylation sites is 2. The third kappa shape index (κ3) is 5.44. The first-order valence-corrected chi connectivity index (χ1v) is 17.7. The molecule has 0 spiro atoms. The van der Waals surface area contributed by atoms with E-state index in [1.165, 1.54) is 0 Å². The van der Waals surface area contributed by atoms with E-state index in [4.69, 9.17) is 5.53 Å². The molecule has 1 unspecified atom stereocenters. The second kappa shape index (κ2) is 13.4. The average molecular weight is 715 g/mol. The molecule has 0 amide bonds. The van der Waals surface area contributed by atoms with Gasteiger partial charge in [0.05, 0.1) is 0 Å². The lowest BCUT2D eigenvalue weighted by molar-refractivity contribution is -0.403. The van der Waals surface area contributed by atoms with Gasteiger partial charge >= 0.3 is 5.97 Å². The summed E-state index contributed by atoms with van der Waals surface area (Å²) in [5.74, 6) is -7.37. The van der Waals surface area contributed by atoms with E-state index in [1.807, 2.05) is 84.2 Å². The summed E-state index contributed by atoms with van der Waals surface area (Å²) >= 11 is 0. The van der Waals surface area contributed by atoms with Crippen LogP contribution in [0, 0.1) is 17.5 Å². The van der Waals surface area contributed by atoms with Crippen molar-refractivity contribution >= 4 is 57.8 Å². The number of aromatic carboxylic acids is 1. The Bertz CT molecular complexity index is 2530. The summed E-state index contributed by atoms with van der Waals surface area (Å²) in [6.07, 6.45) is 4.96. The maximum Gasteiger partial charge on any atom is 0.339 e. The number of benzene rings is 5. The summed E-state index contributed by atoms with van der Waals surface area (Å²) in [7, 11) is -0.270. The van der Waals surface area contributed by atoms with Crippen molar-refractivity contribution in [3.05, 3.63) is 183 Å². The minimum absolute atomic E-state index is 0.133. The summed E-state index contributed by atoms with van der Waals surface area (Å²) in [5, 5.41) is 14.2. The highest BCUT2D eigenvalue weighted by molar-refractivity contribution is 7.83. The maximum absolute atomic E-state index is 16.6. The van der Waals surface area contributed by atoms with Gasteiger partial charge in [-0.15, -0.1) is 0 Å². The molecule has 5 aromatic rings. The van der Waals surface area contributed by atoms with Crippen molar-refractivity contribution in [1.29, 1.82) is 0 Å². The van der Waals surface area contributed by atoms with Crippen LogP contribution < -0.4 is 15.5 Å². The van der Waals surface area contributed by atoms with Gasteiger partial charge in [0.25, 0.3) is 0 Å². The summed E-state index contributed by atoms with van der Waals surface area (Å²) in [4.78, 5) is 17.0. The van der Waals surface area contributed by atoms with Crippen molar-refractivity contribution in [3.8, 4) is 0 Å². The van der Waals surface area contributed by atoms with E-state index in [2.05, 4.69) is 10.0 Å². The smallest absolute Gasteiger partial charge is 0.339 e. The minimum Gasteiger partial charge on any atom is -0.478 e. The fourth-order valence-corrected chi connectivity index (χ4v) is 9.77. The van der Waals surface area contributed by atoms with Crippen LogP contribution in [0.5, 0.6) is 0 Å². The van der Waals surface area contributed by atoms with Gasteiger partial charge in [-0.1, -0.05) is 77.9 Å². The fourth-order valence-electron chi connectivity index (χ4n) is 6.68. The molecule has 0 aromatic heterocycles. The normalized spacial score (nSPS) is 17.1. The van der Waals surface area contributed by atoms with Crippen molar-refractivity contribution < 1.29 is 32.2 Å². The summed E-state index contributed by atoms with van der Waals surface area (Å²) in [6, 6.07) is 32.5. The second-order valence-corrected chi connectivity index (χ2v) is 14.7. The average Bonchev–Trinajstić information content (AvgIpc) is 3.18. The van der Waals surface area contributed by atoms with Crippen LogP contribution in [0.25, 0.3) is 16.0 Å². The largest absolute Gasteiger partial charge is 0.478 e. The highest BCUT2D eigenvalue weighted by Crippen LogP contribution is 2.62. The summed E-state index contributed by atoms with van der Waals surface area (Å²) in [5.41, 5.74) is 8.59. The second-order valence-electron chi connectivity index (χ2n) is 12.0. The standard InChI is InChI=1S/C40H27F3N5O3P/c1-47(24-12-6-3-7-13-24)26-18-20-29-31(22-26)52(51,28-16-10-5-11-17-28)32-23-27(48(2)25-14-8-4-9-15-25)19-21-30(32)33(29)34-35(40(49)50)36(41)38(43)39(37(34)42)45-46-44/h3-23H,1-2H3/p+1. The van der Waals surface area contributed by atoms with E-state index < -0.39 is 47.4 Å². The van der Waals surface area contributed by atoms with Crippen LogP contribution >= 0.6 is 7.14 Å². The molecule has 0 saturated carbocycles. The first kappa shape index (κ1) is 34.1. The Hall–Kier alpha value is -6.41. The molecule has 0 fully saturated rings. The number of rotatable bonds is 7. The Morgan fingerprint density at radius 3 is 2.12 bits per heavy atom. The number of anilines is 2. The van der Waals surface area contributed by atoms with Crippen LogP contribution in [-0.4, -0.2) is 35.5 Å². The van der Waals surface area contributed by atoms with Crippen molar-refractivity contribution in [2.24, 2.45) is 5.11 Å². The zero-order valence-electron chi connectivity index (χ0n) is 27.7. The van der Waals surface area contributed by atoms with E-state index in [0.29, 0.717) is 16.7 Å². The van der Waals surface area contributed by atoms with Crippen LogP contribution in [0.2, 0.25) is 0 Å². The molecule has 52 heavy (non-hydrogen) atoms. The van der Waals surface area contributed by atoms with Crippen molar-refractivity contribution in [1.82, 2.24) is 0 Å². The number of nitrogens with zero attached hydrogens (tertiary/aromatic N) is 5. The van der Waals surface area contributed by atoms with Crippen molar-refractivity contribution in [3.63, 3.8) is 0 Å². The highest BCUT2D eigenvalue weighted by Gasteiger charge is 2.45. The summed E-state index contributed by atoms with van der Waals surface area (Å²) < 4.78 is 65.6. The Morgan fingerprint density at radius 1 is 0.846 bits per heavy atom. The summed E-state index contributed by atoms with van der Waals surface area (Å²) in [6.45, 7) is 0. The zero-order chi connectivity index (χ0) is 36.7. The van der Waals surface area contributed by atoms with E-state index in [1.54, 1.807) is 66.8 Å².